The van der Waals surface area contributed by atoms with Crippen LogP contribution in [0.2, 0.25) is 0 Å². The van der Waals surface area contributed by atoms with Crippen molar-refractivity contribution in [2.24, 2.45) is 5.41 Å². The summed E-state index contributed by atoms with van der Waals surface area (Å²) in [4.78, 5) is 12.5. The maximum atomic E-state index is 12.5. The lowest BCUT2D eigenvalue weighted by atomic mass is 9.60. The van der Waals surface area contributed by atoms with Gasteiger partial charge in [0.15, 0.2) is 11.5 Å². The molecule has 0 saturated heterocycles. The summed E-state index contributed by atoms with van der Waals surface area (Å²) >= 11 is 0. The number of hydrogen-bond acceptors (Lipinski definition) is 5. The van der Waals surface area contributed by atoms with Gasteiger partial charge in [0.05, 0.1) is 37.2 Å². The van der Waals surface area contributed by atoms with Gasteiger partial charge in [-0.2, -0.15) is 5.26 Å². The van der Waals surface area contributed by atoms with Crippen molar-refractivity contribution in [3.8, 4) is 23.3 Å². The first kappa shape index (κ1) is 24.9. The molecular formula is C29H35NO5. The largest absolute Gasteiger partial charge is 0.496 e. The second-order valence-electron chi connectivity index (χ2n) is 10.2. The van der Waals surface area contributed by atoms with E-state index in [1.165, 1.54) is 12.8 Å². The molecule has 2 aliphatic rings. The highest BCUT2D eigenvalue weighted by Crippen LogP contribution is 2.50. The number of aliphatic carboxylic acids is 1. The summed E-state index contributed by atoms with van der Waals surface area (Å²) in [7, 11) is 3.25. The van der Waals surface area contributed by atoms with E-state index in [0.29, 0.717) is 43.6 Å². The van der Waals surface area contributed by atoms with E-state index >= 15 is 0 Å². The Labute approximate surface area is 207 Å². The highest BCUT2D eigenvalue weighted by Gasteiger charge is 2.48. The van der Waals surface area contributed by atoms with Crippen LogP contribution in [-0.2, 0) is 16.6 Å². The standard InChI is InChI=1S/C29H35NO5/c1-20-8-9-21(16-25(20)34-3)18-28(27(31)32)12-14-29(19-30,15-13-28)22-10-11-24(33-2)26(17-22)35-23-6-4-5-7-23/h8-11,16-17,23H,4-7,12-15,18H2,1-3H3,(H,31,32). The second kappa shape index (κ2) is 10.2. The summed E-state index contributed by atoms with van der Waals surface area (Å²) < 4.78 is 17.2. The second-order valence-corrected chi connectivity index (χ2v) is 10.2. The number of nitriles is 1. The molecule has 0 amide bonds. The van der Waals surface area contributed by atoms with Gasteiger partial charge >= 0.3 is 5.97 Å². The molecule has 2 aromatic carbocycles. The van der Waals surface area contributed by atoms with E-state index in [1.54, 1.807) is 14.2 Å². The molecule has 6 nitrogen and oxygen atoms in total. The fraction of sp³-hybridized carbons (Fsp3) is 0.517. The van der Waals surface area contributed by atoms with Crippen molar-refractivity contribution in [3.05, 3.63) is 53.1 Å². The van der Waals surface area contributed by atoms with Gasteiger partial charge in [-0.25, -0.2) is 0 Å². The zero-order valence-electron chi connectivity index (χ0n) is 20.9. The van der Waals surface area contributed by atoms with Crippen LogP contribution in [0.15, 0.2) is 36.4 Å². The van der Waals surface area contributed by atoms with Gasteiger partial charge in [-0.1, -0.05) is 18.2 Å². The molecule has 2 fully saturated rings. The highest BCUT2D eigenvalue weighted by atomic mass is 16.5. The predicted octanol–water partition coefficient (Wildman–Crippen LogP) is 5.98. The van der Waals surface area contributed by atoms with Crippen molar-refractivity contribution in [3.63, 3.8) is 0 Å². The number of nitrogens with zero attached hydrogens (tertiary/aromatic N) is 1. The fourth-order valence-corrected chi connectivity index (χ4v) is 5.70. The molecule has 0 spiro atoms. The Balaban J connectivity index is 1.58. The van der Waals surface area contributed by atoms with E-state index in [2.05, 4.69) is 6.07 Å². The molecule has 0 unspecified atom stereocenters. The van der Waals surface area contributed by atoms with Crippen LogP contribution in [0.4, 0.5) is 0 Å². The number of carboxylic acids is 1. The van der Waals surface area contributed by atoms with E-state index in [0.717, 1.165) is 35.3 Å². The van der Waals surface area contributed by atoms with Crippen molar-refractivity contribution < 1.29 is 24.1 Å². The maximum Gasteiger partial charge on any atom is 0.309 e. The number of rotatable bonds is 8. The van der Waals surface area contributed by atoms with Crippen LogP contribution in [0.3, 0.4) is 0 Å². The van der Waals surface area contributed by atoms with Gasteiger partial charge in [-0.15, -0.1) is 0 Å². The topological polar surface area (TPSA) is 88.8 Å². The predicted molar refractivity (Wildman–Crippen MR) is 133 cm³/mol. The molecule has 6 heteroatoms. The normalized spacial score (nSPS) is 24.5. The molecule has 1 N–H and O–H groups in total. The van der Waals surface area contributed by atoms with Crippen molar-refractivity contribution in [1.29, 1.82) is 5.26 Å². The molecule has 0 bridgehead atoms. The summed E-state index contributed by atoms with van der Waals surface area (Å²) in [5.41, 5.74) is 1.18. The number of carboxylic acid groups (broad SMARTS) is 1. The minimum absolute atomic E-state index is 0.176. The summed E-state index contributed by atoms with van der Waals surface area (Å²) in [5, 5.41) is 20.6. The molecule has 0 radical (unpaired) electrons. The van der Waals surface area contributed by atoms with Crippen LogP contribution in [0.25, 0.3) is 0 Å². The Kier molecular flexibility index (Phi) is 7.25. The molecular weight excluding hydrogens is 442 g/mol. The van der Waals surface area contributed by atoms with Crippen LogP contribution in [0, 0.1) is 23.7 Å². The fourth-order valence-electron chi connectivity index (χ4n) is 5.70. The number of hydrogen-bond donors (Lipinski definition) is 1. The zero-order valence-corrected chi connectivity index (χ0v) is 20.9. The Morgan fingerprint density at radius 2 is 1.69 bits per heavy atom. The molecule has 0 atom stereocenters. The lowest BCUT2D eigenvalue weighted by Crippen LogP contribution is -2.42. The average molecular weight is 478 g/mol. The summed E-state index contributed by atoms with van der Waals surface area (Å²) in [6.07, 6.45) is 6.80. The van der Waals surface area contributed by atoms with Crippen LogP contribution >= 0.6 is 0 Å². The molecule has 2 aliphatic carbocycles. The van der Waals surface area contributed by atoms with E-state index in [-0.39, 0.29) is 6.10 Å². The van der Waals surface area contributed by atoms with Gasteiger partial charge in [-0.3, -0.25) is 4.79 Å². The van der Waals surface area contributed by atoms with Crippen LogP contribution < -0.4 is 14.2 Å². The Hall–Kier alpha value is -3.20. The average Bonchev–Trinajstić information content (AvgIpc) is 3.39. The summed E-state index contributed by atoms with van der Waals surface area (Å²) in [6, 6.07) is 14.2. The van der Waals surface area contributed by atoms with Gasteiger partial charge in [0.2, 0.25) is 0 Å². The number of ether oxygens (including phenoxy) is 3. The number of carbonyl (C=O) groups is 1. The minimum atomic E-state index is -0.906. The summed E-state index contributed by atoms with van der Waals surface area (Å²) in [5.74, 6) is 1.30. The molecule has 0 aliphatic heterocycles. The lowest BCUT2D eigenvalue weighted by molar-refractivity contribution is -0.151. The lowest BCUT2D eigenvalue weighted by Gasteiger charge is -2.41. The quantitative estimate of drug-likeness (QED) is 0.503. The van der Waals surface area contributed by atoms with E-state index in [4.69, 9.17) is 14.2 Å². The van der Waals surface area contributed by atoms with Crippen molar-refractivity contribution in [1.82, 2.24) is 0 Å². The Morgan fingerprint density at radius 1 is 1.00 bits per heavy atom. The monoisotopic (exact) mass is 477 g/mol. The van der Waals surface area contributed by atoms with E-state index in [1.807, 2.05) is 43.3 Å². The molecule has 2 saturated carbocycles. The number of aryl methyl sites for hydroxylation is 1. The van der Waals surface area contributed by atoms with Gasteiger partial charge in [-0.05, 0) is 99.6 Å². The highest BCUT2D eigenvalue weighted by molar-refractivity contribution is 5.75. The molecule has 186 valence electrons. The Bertz CT molecular complexity index is 1100. The first-order valence-corrected chi connectivity index (χ1v) is 12.5. The molecule has 2 aromatic rings. The van der Waals surface area contributed by atoms with Gasteiger partial charge in [0, 0.05) is 0 Å². The molecule has 0 heterocycles. The Morgan fingerprint density at radius 3 is 2.29 bits per heavy atom. The van der Waals surface area contributed by atoms with Crippen LogP contribution in [-0.4, -0.2) is 31.4 Å². The molecule has 35 heavy (non-hydrogen) atoms. The third-order valence-corrected chi connectivity index (χ3v) is 8.06. The minimum Gasteiger partial charge on any atom is -0.496 e. The van der Waals surface area contributed by atoms with Crippen molar-refractivity contribution in [2.75, 3.05) is 14.2 Å². The van der Waals surface area contributed by atoms with Gasteiger partial charge in [0.1, 0.15) is 5.75 Å². The first-order chi connectivity index (χ1) is 16.8. The molecule has 4 rings (SSSR count). The summed E-state index contributed by atoms with van der Waals surface area (Å²) in [6.45, 7) is 1.97. The smallest absolute Gasteiger partial charge is 0.309 e. The van der Waals surface area contributed by atoms with Crippen LogP contribution in [0.5, 0.6) is 17.2 Å². The van der Waals surface area contributed by atoms with Crippen LogP contribution in [0.1, 0.15) is 68.1 Å². The number of benzene rings is 2. The van der Waals surface area contributed by atoms with Gasteiger partial charge in [0.25, 0.3) is 0 Å². The SMILES string of the molecule is COc1cc(CC2(C(=O)O)CCC(C#N)(c3ccc(OC)c(OC4CCCC4)c3)CC2)ccc1C. The third-order valence-electron chi connectivity index (χ3n) is 8.06. The van der Waals surface area contributed by atoms with Gasteiger partial charge < -0.3 is 19.3 Å². The zero-order chi connectivity index (χ0) is 25.1. The first-order valence-electron chi connectivity index (χ1n) is 12.5. The van der Waals surface area contributed by atoms with Crippen molar-refractivity contribution >= 4 is 5.97 Å². The van der Waals surface area contributed by atoms with Crippen molar-refractivity contribution in [2.45, 2.75) is 76.2 Å². The van der Waals surface area contributed by atoms with E-state index < -0.39 is 16.8 Å². The maximum absolute atomic E-state index is 12.5. The number of methoxy groups -OCH3 is 2. The van der Waals surface area contributed by atoms with E-state index in [9.17, 15) is 15.2 Å². The molecule has 0 aromatic heterocycles. The third kappa shape index (κ3) is 4.96.